The highest BCUT2D eigenvalue weighted by molar-refractivity contribution is 8.01. The first-order chi connectivity index (χ1) is 10.7. The molecule has 1 unspecified atom stereocenters. The highest BCUT2D eigenvalue weighted by Crippen LogP contribution is 2.24. The van der Waals surface area contributed by atoms with Crippen LogP contribution >= 0.6 is 34.7 Å². The third-order valence-corrected chi connectivity index (χ3v) is 5.92. The fourth-order valence-corrected chi connectivity index (χ4v) is 4.36. The molecular formula is C14H18ClN4OS2+. The largest absolute Gasteiger partial charge is 0.374 e. The van der Waals surface area contributed by atoms with E-state index in [1.54, 1.807) is 11.8 Å². The summed E-state index contributed by atoms with van der Waals surface area (Å²) in [6, 6.07) is 8.05. The van der Waals surface area contributed by atoms with Gasteiger partial charge in [-0.3, -0.25) is 0 Å². The van der Waals surface area contributed by atoms with Gasteiger partial charge in [0.2, 0.25) is 5.13 Å². The molecule has 5 nitrogen and oxygen atoms in total. The Morgan fingerprint density at radius 2 is 2.27 bits per heavy atom. The second-order valence-corrected chi connectivity index (χ2v) is 7.87. The maximum absolute atomic E-state index is 6.25. The summed E-state index contributed by atoms with van der Waals surface area (Å²) in [5.74, 6) is 0.876. The van der Waals surface area contributed by atoms with Gasteiger partial charge in [0.25, 0.3) is 0 Å². The predicted molar refractivity (Wildman–Crippen MR) is 90.6 cm³/mol. The van der Waals surface area contributed by atoms with Gasteiger partial charge in [-0.15, -0.1) is 10.2 Å². The fourth-order valence-electron chi connectivity index (χ4n) is 2.47. The zero-order valence-electron chi connectivity index (χ0n) is 12.0. The normalized spacial score (nSPS) is 21.9. The molecule has 0 saturated carbocycles. The molecule has 0 aliphatic carbocycles. The van der Waals surface area contributed by atoms with E-state index in [9.17, 15) is 0 Å². The molecule has 2 atom stereocenters. The Hall–Kier alpha value is -0.860. The van der Waals surface area contributed by atoms with Crippen LogP contribution in [-0.4, -0.2) is 41.8 Å². The average Bonchev–Trinajstić information content (AvgIpc) is 2.94. The van der Waals surface area contributed by atoms with E-state index in [1.165, 1.54) is 21.8 Å². The fraction of sp³-hybridized carbons (Fsp3) is 0.429. The van der Waals surface area contributed by atoms with Crippen molar-refractivity contribution in [1.82, 2.24) is 10.2 Å². The summed E-state index contributed by atoms with van der Waals surface area (Å²) in [4.78, 5) is 1.50. The molecule has 0 amide bonds. The highest BCUT2D eigenvalue weighted by Gasteiger charge is 2.24. The minimum absolute atomic E-state index is 0.223. The van der Waals surface area contributed by atoms with Crippen LogP contribution in [0.15, 0.2) is 28.6 Å². The van der Waals surface area contributed by atoms with Gasteiger partial charge >= 0.3 is 0 Å². The lowest BCUT2D eigenvalue weighted by Gasteiger charge is -2.30. The van der Waals surface area contributed by atoms with Gasteiger partial charge < -0.3 is 15.4 Å². The van der Waals surface area contributed by atoms with E-state index in [0.717, 1.165) is 41.4 Å². The van der Waals surface area contributed by atoms with Crippen LogP contribution in [0.25, 0.3) is 0 Å². The minimum Gasteiger partial charge on any atom is -0.374 e. The number of ether oxygens (including phenoxy) is 1. The van der Waals surface area contributed by atoms with Crippen molar-refractivity contribution >= 4 is 39.8 Å². The van der Waals surface area contributed by atoms with Crippen LogP contribution in [0.4, 0.5) is 5.13 Å². The van der Waals surface area contributed by atoms with E-state index in [4.69, 9.17) is 22.1 Å². The van der Waals surface area contributed by atoms with Crippen molar-refractivity contribution in [3.63, 3.8) is 0 Å². The number of hydrogen-bond donors (Lipinski definition) is 2. The second-order valence-electron chi connectivity index (χ2n) is 5.18. The first-order valence-electron chi connectivity index (χ1n) is 7.11. The number of anilines is 1. The van der Waals surface area contributed by atoms with Crippen molar-refractivity contribution in [2.24, 2.45) is 0 Å². The summed E-state index contributed by atoms with van der Waals surface area (Å²) >= 11 is 9.33. The number of rotatable bonds is 5. The van der Waals surface area contributed by atoms with Gasteiger partial charge in [-0.1, -0.05) is 52.9 Å². The molecule has 0 bridgehead atoms. The van der Waals surface area contributed by atoms with Crippen LogP contribution in [-0.2, 0) is 11.3 Å². The molecule has 1 aliphatic heterocycles. The second kappa shape index (κ2) is 7.61. The van der Waals surface area contributed by atoms with E-state index in [1.807, 2.05) is 18.2 Å². The van der Waals surface area contributed by atoms with Crippen molar-refractivity contribution in [3.05, 3.63) is 34.9 Å². The number of morpholine rings is 1. The van der Waals surface area contributed by atoms with Crippen molar-refractivity contribution in [3.8, 4) is 0 Å². The Morgan fingerprint density at radius 1 is 1.41 bits per heavy atom. The van der Waals surface area contributed by atoms with E-state index >= 15 is 0 Å². The molecule has 1 aromatic carbocycles. The number of nitrogens with two attached hydrogens (primary N) is 1. The van der Waals surface area contributed by atoms with Gasteiger partial charge in [0, 0.05) is 16.3 Å². The van der Waals surface area contributed by atoms with Crippen molar-refractivity contribution < 1.29 is 9.64 Å². The lowest BCUT2D eigenvalue weighted by atomic mass is 10.2. The molecule has 0 radical (unpaired) electrons. The summed E-state index contributed by atoms with van der Waals surface area (Å²) in [5.41, 5.74) is 6.79. The zero-order chi connectivity index (χ0) is 15.4. The van der Waals surface area contributed by atoms with Crippen molar-refractivity contribution in [2.75, 3.05) is 31.2 Å². The summed E-state index contributed by atoms with van der Waals surface area (Å²) < 4.78 is 6.76. The van der Waals surface area contributed by atoms with Gasteiger partial charge in [-0.05, 0) is 6.07 Å². The summed E-state index contributed by atoms with van der Waals surface area (Å²) in [7, 11) is 0. The van der Waals surface area contributed by atoms with Crippen LogP contribution in [0.5, 0.6) is 0 Å². The molecule has 118 valence electrons. The Labute approximate surface area is 142 Å². The molecule has 1 aromatic heterocycles. The number of nitrogens with one attached hydrogen (secondary N) is 1. The van der Waals surface area contributed by atoms with Crippen LogP contribution in [0, 0.1) is 0 Å². The first-order valence-corrected chi connectivity index (χ1v) is 9.29. The number of aromatic nitrogens is 2. The van der Waals surface area contributed by atoms with Crippen molar-refractivity contribution in [2.45, 2.75) is 17.0 Å². The Kier molecular flexibility index (Phi) is 5.54. The van der Waals surface area contributed by atoms with Crippen LogP contribution in [0.3, 0.4) is 0 Å². The zero-order valence-corrected chi connectivity index (χ0v) is 14.4. The number of thioether (sulfide) groups is 1. The molecule has 1 aliphatic rings. The number of nitrogen functional groups attached to an aromatic ring is 1. The number of halogens is 1. The predicted octanol–water partition coefficient (Wildman–Crippen LogP) is 1.35. The van der Waals surface area contributed by atoms with Crippen LogP contribution in [0.1, 0.15) is 5.56 Å². The number of hydrogen-bond acceptors (Lipinski definition) is 6. The van der Waals surface area contributed by atoms with Crippen LogP contribution in [0.2, 0.25) is 5.02 Å². The van der Waals surface area contributed by atoms with E-state index < -0.39 is 0 Å². The summed E-state index contributed by atoms with van der Waals surface area (Å²) in [6.07, 6.45) is 0.223. The monoisotopic (exact) mass is 357 g/mol. The third-order valence-electron chi connectivity index (χ3n) is 3.54. The average molecular weight is 358 g/mol. The van der Waals surface area contributed by atoms with Crippen LogP contribution < -0.4 is 10.6 Å². The van der Waals surface area contributed by atoms with Crippen molar-refractivity contribution in [1.29, 1.82) is 0 Å². The van der Waals surface area contributed by atoms with E-state index in [0.29, 0.717) is 5.13 Å². The maximum atomic E-state index is 6.25. The summed E-state index contributed by atoms with van der Waals surface area (Å²) in [5, 5.41) is 9.21. The molecule has 1 fully saturated rings. The standard InChI is InChI=1S/C14H17ClN4OS2/c15-12-4-2-1-3-10(12)7-19-5-6-20-11(8-19)9-21-14-18-17-13(16)22-14/h1-4,11H,5-9H2,(H2,16,17)/p+1/t11-/m0/s1. The molecule has 3 rings (SSSR count). The smallest absolute Gasteiger partial charge is 0.203 e. The van der Waals surface area contributed by atoms with Gasteiger partial charge in [-0.25, -0.2) is 0 Å². The SMILES string of the molecule is Nc1nnc(SC[C@@H]2C[NH+](Cc3ccccc3Cl)CCO2)s1. The topological polar surface area (TPSA) is 65.5 Å². The van der Waals surface area contributed by atoms with E-state index in [-0.39, 0.29) is 6.10 Å². The Balaban J connectivity index is 1.52. The molecule has 22 heavy (non-hydrogen) atoms. The van der Waals surface area contributed by atoms with Gasteiger partial charge in [0.15, 0.2) is 4.34 Å². The lowest BCUT2D eigenvalue weighted by molar-refractivity contribution is -0.924. The molecule has 2 heterocycles. The highest BCUT2D eigenvalue weighted by atomic mass is 35.5. The molecule has 1 saturated heterocycles. The molecule has 8 heteroatoms. The van der Waals surface area contributed by atoms with E-state index in [2.05, 4.69) is 16.3 Å². The quantitative estimate of drug-likeness (QED) is 0.791. The molecule has 0 spiro atoms. The number of benzene rings is 1. The lowest BCUT2D eigenvalue weighted by Crippen LogP contribution is -3.13. The number of nitrogens with zero attached hydrogens (tertiary/aromatic N) is 2. The Morgan fingerprint density at radius 3 is 3.05 bits per heavy atom. The Bertz CT molecular complexity index is 624. The first kappa shape index (κ1) is 16.0. The summed E-state index contributed by atoms with van der Waals surface area (Å²) in [6.45, 7) is 3.71. The number of quaternary nitrogens is 1. The molecular weight excluding hydrogens is 340 g/mol. The van der Waals surface area contributed by atoms with Gasteiger partial charge in [-0.2, -0.15) is 0 Å². The third kappa shape index (κ3) is 4.33. The molecule has 3 N–H and O–H groups in total. The van der Waals surface area contributed by atoms with Gasteiger partial charge in [0.1, 0.15) is 25.7 Å². The minimum atomic E-state index is 0.223. The van der Waals surface area contributed by atoms with Gasteiger partial charge in [0.05, 0.1) is 6.61 Å². The molecule has 2 aromatic rings. The maximum Gasteiger partial charge on any atom is 0.203 e.